The number of hydrogen-bond donors (Lipinski definition) is 2. The molecule has 2 N–H and O–H groups in total. The number of rotatable bonds is 3. The molecular formula is C18H17N7OS. The Bertz CT molecular complexity index is 1140. The lowest BCUT2D eigenvalue weighted by atomic mass is 10.1. The van der Waals surface area contributed by atoms with E-state index in [0.29, 0.717) is 4.96 Å². The normalized spacial score (nSPS) is 14.7. The highest BCUT2D eigenvalue weighted by molar-refractivity contribution is 7.19. The fraction of sp³-hybridized carbons (Fsp3) is 0.222. The van der Waals surface area contributed by atoms with Gasteiger partial charge in [0.1, 0.15) is 10.8 Å². The minimum atomic E-state index is -0.231. The molecule has 0 saturated carbocycles. The van der Waals surface area contributed by atoms with Crippen molar-refractivity contribution in [1.29, 1.82) is 0 Å². The molecule has 8 nitrogen and oxygen atoms in total. The van der Waals surface area contributed by atoms with Gasteiger partial charge in [-0.2, -0.15) is 19.7 Å². The first kappa shape index (κ1) is 16.2. The van der Waals surface area contributed by atoms with E-state index < -0.39 is 0 Å². The molecule has 4 aromatic rings. The van der Waals surface area contributed by atoms with E-state index in [1.165, 1.54) is 11.3 Å². The molecule has 0 bridgehead atoms. The zero-order valence-corrected chi connectivity index (χ0v) is 15.2. The fourth-order valence-corrected chi connectivity index (χ4v) is 4.17. The highest BCUT2D eigenvalue weighted by Gasteiger charge is 2.18. The highest BCUT2D eigenvalue weighted by atomic mass is 32.1. The van der Waals surface area contributed by atoms with Gasteiger partial charge in [0.2, 0.25) is 4.96 Å². The summed E-state index contributed by atoms with van der Waals surface area (Å²) in [5.74, 6) is 0.806. The van der Waals surface area contributed by atoms with E-state index in [9.17, 15) is 4.79 Å². The number of piperazine rings is 1. The predicted molar refractivity (Wildman–Crippen MR) is 105 cm³/mol. The van der Waals surface area contributed by atoms with Gasteiger partial charge in [-0.15, -0.1) is 0 Å². The molecule has 0 aliphatic carbocycles. The molecule has 0 amide bonds. The predicted octanol–water partition coefficient (Wildman–Crippen LogP) is 1.62. The lowest BCUT2D eigenvalue weighted by Crippen LogP contribution is -2.44. The van der Waals surface area contributed by atoms with E-state index in [1.807, 2.05) is 24.4 Å². The number of aromatic nitrogens is 5. The molecule has 4 heterocycles. The second-order valence-corrected chi connectivity index (χ2v) is 7.31. The summed E-state index contributed by atoms with van der Waals surface area (Å²) in [6, 6.07) is 9.70. The fourth-order valence-electron chi connectivity index (χ4n) is 3.28. The van der Waals surface area contributed by atoms with Crippen LogP contribution in [0.1, 0.15) is 0 Å². The van der Waals surface area contributed by atoms with Crippen molar-refractivity contribution in [2.24, 2.45) is 0 Å². The van der Waals surface area contributed by atoms with Gasteiger partial charge in [0.25, 0.3) is 5.56 Å². The number of fused-ring (bicyclic) bond motifs is 1. The summed E-state index contributed by atoms with van der Waals surface area (Å²) >= 11 is 1.42. The van der Waals surface area contributed by atoms with Crippen LogP contribution in [0.5, 0.6) is 0 Å². The first-order valence-corrected chi connectivity index (χ1v) is 9.56. The monoisotopic (exact) mass is 379 g/mol. The summed E-state index contributed by atoms with van der Waals surface area (Å²) in [4.78, 5) is 19.0. The molecule has 1 aromatic carbocycles. The van der Waals surface area contributed by atoms with Crippen molar-refractivity contribution in [1.82, 2.24) is 30.1 Å². The molecule has 0 atom stereocenters. The molecule has 9 heteroatoms. The first-order chi connectivity index (χ1) is 13.3. The number of aromatic amines is 1. The summed E-state index contributed by atoms with van der Waals surface area (Å²) in [7, 11) is 0. The second kappa shape index (κ2) is 6.60. The van der Waals surface area contributed by atoms with Crippen LogP contribution in [0, 0.1) is 0 Å². The molecule has 1 aliphatic rings. The standard InChI is InChI=1S/C18H17N7OS/c26-15-9-16(24-6-4-19-5-7-24)25-18(22-15)27-17(23-25)13-3-1-2-12(8-13)14-10-20-21-11-14/h1-3,8-11,19H,4-7H2,(H,20,21). The Labute approximate surface area is 158 Å². The largest absolute Gasteiger partial charge is 0.354 e. The van der Waals surface area contributed by atoms with Crippen molar-refractivity contribution < 1.29 is 0 Å². The van der Waals surface area contributed by atoms with Gasteiger partial charge in [-0.25, -0.2) is 0 Å². The Morgan fingerprint density at radius 1 is 1.07 bits per heavy atom. The molecule has 5 rings (SSSR count). The average molecular weight is 379 g/mol. The maximum atomic E-state index is 12.1. The van der Waals surface area contributed by atoms with Crippen LogP contribution < -0.4 is 15.8 Å². The number of nitrogens with one attached hydrogen (secondary N) is 2. The minimum Gasteiger partial charge on any atom is -0.354 e. The van der Waals surface area contributed by atoms with Crippen LogP contribution in [0.4, 0.5) is 5.82 Å². The van der Waals surface area contributed by atoms with Crippen molar-refractivity contribution >= 4 is 22.1 Å². The van der Waals surface area contributed by atoms with E-state index in [-0.39, 0.29) is 5.56 Å². The van der Waals surface area contributed by atoms with Crippen LogP contribution >= 0.6 is 11.3 Å². The quantitative estimate of drug-likeness (QED) is 0.562. The van der Waals surface area contributed by atoms with Gasteiger partial charge in [-0.3, -0.25) is 9.89 Å². The van der Waals surface area contributed by atoms with E-state index in [1.54, 1.807) is 16.8 Å². The van der Waals surface area contributed by atoms with Gasteiger partial charge in [0.15, 0.2) is 0 Å². The van der Waals surface area contributed by atoms with Gasteiger partial charge in [0.05, 0.1) is 6.20 Å². The van der Waals surface area contributed by atoms with Gasteiger partial charge < -0.3 is 10.2 Å². The van der Waals surface area contributed by atoms with E-state index in [2.05, 4.69) is 31.5 Å². The van der Waals surface area contributed by atoms with Gasteiger partial charge in [-0.05, 0) is 11.6 Å². The Hall–Kier alpha value is -3.04. The summed E-state index contributed by atoms with van der Waals surface area (Å²) in [5.41, 5.74) is 2.84. The van der Waals surface area contributed by atoms with Crippen molar-refractivity contribution in [3.05, 3.63) is 53.1 Å². The molecule has 0 radical (unpaired) electrons. The molecule has 27 heavy (non-hydrogen) atoms. The SMILES string of the molecule is O=c1cc(N2CCNCC2)n2nc(-c3cccc(-c4cn[nH]c4)c3)sc2n1. The average Bonchev–Trinajstić information content (AvgIpc) is 3.38. The first-order valence-electron chi connectivity index (χ1n) is 8.74. The summed E-state index contributed by atoms with van der Waals surface area (Å²) in [6.07, 6.45) is 3.65. The maximum absolute atomic E-state index is 12.1. The number of hydrogen-bond acceptors (Lipinski definition) is 7. The highest BCUT2D eigenvalue weighted by Crippen LogP contribution is 2.30. The zero-order valence-electron chi connectivity index (χ0n) is 14.4. The topological polar surface area (TPSA) is 91.2 Å². The molecule has 136 valence electrons. The number of nitrogens with zero attached hydrogens (tertiary/aromatic N) is 5. The van der Waals surface area contributed by atoms with Crippen molar-refractivity contribution in [3.8, 4) is 21.7 Å². The molecule has 1 saturated heterocycles. The van der Waals surface area contributed by atoms with Gasteiger partial charge >= 0.3 is 0 Å². The third-order valence-corrected chi connectivity index (χ3v) is 5.57. The molecule has 3 aromatic heterocycles. The minimum absolute atomic E-state index is 0.231. The van der Waals surface area contributed by atoms with Crippen LogP contribution in [0.2, 0.25) is 0 Å². The maximum Gasteiger partial charge on any atom is 0.276 e. The Morgan fingerprint density at radius 2 is 1.93 bits per heavy atom. The molecule has 1 aliphatic heterocycles. The Morgan fingerprint density at radius 3 is 2.74 bits per heavy atom. The molecular weight excluding hydrogens is 362 g/mol. The third-order valence-electron chi connectivity index (χ3n) is 4.62. The number of benzene rings is 1. The van der Waals surface area contributed by atoms with Crippen LogP contribution in [0.25, 0.3) is 26.7 Å². The smallest absolute Gasteiger partial charge is 0.276 e. The summed E-state index contributed by atoms with van der Waals surface area (Å²) < 4.78 is 1.79. The van der Waals surface area contributed by atoms with Crippen LogP contribution in [-0.2, 0) is 0 Å². The molecule has 1 fully saturated rings. The second-order valence-electron chi connectivity index (χ2n) is 6.36. The molecule has 0 unspecified atom stereocenters. The van der Waals surface area contributed by atoms with Crippen LogP contribution in [-0.4, -0.2) is 51.0 Å². The van der Waals surface area contributed by atoms with Crippen LogP contribution in [0.15, 0.2) is 47.5 Å². The van der Waals surface area contributed by atoms with E-state index >= 15 is 0 Å². The number of anilines is 1. The third kappa shape index (κ3) is 3.00. The zero-order chi connectivity index (χ0) is 18.2. The molecule has 0 spiro atoms. The van der Waals surface area contributed by atoms with E-state index in [0.717, 1.165) is 53.7 Å². The van der Waals surface area contributed by atoms with Crippen molar-refractivity contribution in [2.45, 2.75) is 0 Å². The van der Waals surface area contributed by atoms with Crippen LogP contribution in [0.3, 0.4) is 0 Å². The van der Waals surface area contributed by atoms with Gasteiger partial charge in [-0.1, -0.05) is 29.5 Å². The van der Waals surface area contributed by atoms with E-state index in [4.69, 9.17) is 5.10 Å². The van der Waals surface area contributed by atoms with Gasteiger partial charge in [0, 0.05) is 49.6 Å². The lowest BCUT2D eigenvalue weighted by Gasteiger charge is -2.28. The van der Waals surface area contributed by atoms with Crippen molar-refractivity contribution in [3.63, 3.8) is 0 Å². The Balaban J connectivity index is 1.61. The Kier molecular flexibility index (Phi) is 3.95. The number of H-pyrrole nitrogens is 1. The van der Waals surface area contributed by atoms with Crippen molar-refractivity contribution in [2.75, 3.05) is 31.1 Å². The summed E-state index contributed by atoms with van der Waals surface area (Å²) in [6.45, 7) is 3.47. The summed E-state index contributed by atoms with van der Waals surface area (Å²) in [5, 5.41) is 15.8. The lowest BCUT2D eigenvalue weighted by molar-refractivity contribution is 0.579.